The van der Waals surface area contributed by atoms with Crippen LogP contribution in [0, 0.1) is 5.41 Å². The molecule has 2 aliphatic heterocycles. The fourth-order valence-electron chi connectivity index (χ4n) is 2.68. The molecule has 0 N–H and O–H groups in total. The van der Waals surface area contributed by atoms with Crippen LogP contribution in [0.5, 0.6) is 0 Å². The Morgan fingerprint density at radius 2 is 1.90 bits per heavy atom. The predicted molar refractivity (Wildman–Crippen MR) is 77.8 cm³/mol. The van der Waals surface area contributed by atoms with Gasteiger partial charge in [0.05, 0.1) is 18.1 Å². The molecule has 1 saturated heterocycles. The van der Waals surface area contributed by atoms with Crippen molar-refractivity contribution < 1.29 is 14.4 Å². The van der Waals surface area contributed by atoms with E-state index in [9.17, 15) is 4.79 Å². The summed E-state index contributed by atoms with van der Waals surface area (Å²) in [5.74, 6) is 0.0229. The standard InChI is InChI=1S/C16H27NO3/c1-4-5-6-7-8-9-12-19-17-14-11-10-13(20-14)16(2,3)15(17)18/h10-11,13-14H,4-9,12H2,1-3H3. The molecule has 2 heterocycles. The molecule has 4 nitrogen and oxygen atoms in total. The summed E-state index contributed by atoms with van der Waals surface area (Å²) in [6.45, 7) is 6.63. The SMILES string of the molecule is CCCCCCCCON1C(=O)C(C)(C)C2C=CC1O2. The van der Waals surface area contributed by atoms with Crippen molar-refractivity contribution in [1.29, 1.82) is 0 Å². The van der Waals surface area contributed by atoms with Gasteiger partial charge in [-0.3, -0.25) is 9.63 Å². The van der Waals surface area contributed by atoms with Crippen LogP contribution < -0.4 is 0 Å². The molecular weight excluding hydrogens is 254 g/mol. The normalized spacial score (nSPS) is 27.4. The number of hydroxylamine groups is 2. The average molecular weight is 281 g/mol. The largest absolute Gasteiger partial charge is 0.344 e. The van der Waals surface area contributed by atoms with Gasteiger partial charge in [-0.15, -0.1) is 0 Å². The molecule has 0 aromatic heterocycles. The molecule has 2 bridgehead atoms. The zero-order chi connectivity index (χ0) is 14.6. The minimum atomic E-state index is -0.537. The van der Waals surface area contributed by atoms with E-state index in [1.165, 1.54) is 30.7 Å². The maximum absolute atomic E-state index is 12.4. The first-order valence-electron chi connectivity index (χ1n) is 7.87. The molecule has 0 spiro atoms. The molecular formula is C16H27NO3. The molecule has 4 heteroatoms. The third-order valence-electron chi connectivity index (χ3n) is 4.16. The van der Waals surface area contributed by atoms with E-state index in [0.717, 1.165) is 12.8 Å². The molecule has 0 saturated carbocycles. The van der Waals surface area contributed by atoms with Crippen molar-refractivity contribution in [2.75, 3.05) is 6.61 Å². The number of hydrogen-bond donors (Lipinski definition) is 0. The highest BCUT2D eigenvalue weighted by molar-refractivity contribution is 5.83. The summed E-state index contributed by atoms with van der Waals surface area (Å²) in [5, 5.41) is 1.42. The van der Waals surface area contributed by atoms with Gasteiger partial charge in [-0.1, -0.05) is 45.1 Å². The predicted octanol–water partition coefficient (Wildman–Crippen LogP) is 3.43. The Balaban J connectivity index is 1.72. The van der Waals surface area contributed by atoms with Crippen molar-refractivity contribution in [2.24, 2.45) is 5.41 Å². The van der Waals surface area contributed by atoms with E-state index in [-0.39, 0.29) is 18.2 Å². The number of fused-ring (bicyclic) bond motifs is 2. The summed E-state index contributed by atoms with van der Waals surface area (Å²) in [7, 11) is 0. The maximum atomic E-state index is 12.4. The molecule has 0 aromatic rings. The van der Waals surface area contributed by atoms with Crippen molar-refractivity contribution in [3.63, 3.8) is 0 Å². The van der Waals surface area contributed by atoms with Crippen molar-refractivity contribution in [3.8, 4) is 0 Å². The third kappa shape index (κ3) is 3.23. The first-order chi connectivity index (χ1) is 9.57. The molecule has 2 rings (SSSR count). The summed E-state index contributed by atoms with van der Waals surface area (Å²) < 4.78 is 5.77. The van der Waals surface area contributed by atoms with Crippen LogP contribution in [0.25, 0.3) is 0 Å². The minimum Gasteiger partial charge on any atom is -0.344 e. The fraction of sp³-hybridized carbons (Fsp3) is 0.812. The van der Waals surface area contributed by atoms with E-state index in [4.69, 9.17) is 9.57 Å². The van der Waals surface area contributed by atoms with E-state index < -0.39 is 5.41 Å². The highest BCUT2D eigenvalue weighted by atomic mass is 16.7. The van der Waals surface area contributed by atoms with Gasteiger partial charge in [-0.05, 0) is 26.3 Å². The van der Waals surface area contributed by atoms with Crippen LogP contribution in [0.15, 0.2) is 12.2 Å². The summed E-state index contributed by atoms with van der Waals surface area (Å²) in [4.78, 5) is 18.1. The molecule has 2 atom stereocenters. The average Bonchev–Trinajstić information content (AvgIpc) is 2.88. The first kappa shape index (κ1) is 15.5. The fourth-order valence-corrected chi connectivity index (χ4v) is 2.68. The number of ether oxygens (including phenoxy) is 1. The van der Waals surface area contributed by atoms with Gasteiger partial charge in [-0.2, -0.15) is 5.06 Å². The maximum Gasteiger partial charge on any atom is 0.257 e. The molecule has 20 heavy (non-hydrogen) atoms. The quantitative estimate of drug-likeness (QED) is 0.505. The molecule has 114 valence electrons. The van der Waals surface area contributed by atoms with Crippen LogP contribution in [0.4, 0.5) is 0 Å². The van der Waals surface area contributed by atoms with Crippen LogP contribution in [0.3, 0.4) is 0 Å². The van der Waals surface area contributed by atoms with E-state index in [2.05, 4.69) is 6.92 Å². The van der Waals surface area contributed by atoms with Gasteiger partial charge < -0.3 is 4.74 Å². The Morgan fingerprint density at radius 1 is 1.20 bits per heavy atom. The molecule has 0 aliphatic carbocycles. The number of carbonyl (C=O) groups is 1. The lowest BCUT2D eigenvalue weighted by Crippen LogP contribution is -2.55. The molecule has 0 aromatic carbocycles. The lowest BCUT2D eigenvalue weighted by atomic mass is 9.85. The number of carbonyl (C=O) groups excluding carboxylic acids is 1. The second-order valence-corrected chi connectivity index (χ2v) is 6.29. The highest BCUT2D eigenvalue weighted by Gasteiger charge is 2.50. The van der Waals surface area contributed by atoms with Crippen LogP contribution in [0.2, 0.25) is 0 Å². The van der Waals surface area contributed by atoms with E-state index in [1.807, 2.05) is 26.0 Å². The molecule has 1 amide bonds. The topological polar surface area (TPSA) is 38.8 Å². The van der Waals surface area contributed by atoms with E-state index in [0.29, 0.717) is 6.61 Å². The number of hydrogen-bond acceptors (Lipinski definition) is 3. The number of rotatable bonds is 8. The summed E-state index contributed by atoms with van der Waals surface area (Å²) in [6, 6.07) is 0. The van der Waals surface area contributed by atoms with Crippen LogP contribution in [0.1, 0.15) is 59.3 Å². The van der Waals surface area contributed by atoms with Crippen molar-refractivity contribution in [2.45, 2.75) is 71.6 Å². The Morgan fingerprint density at radius 3 is 2.65 bits per heavy atom. The summed E-state index contributed by atoms with van der Waals surface area (Å²) in [6.07, 6.45) is 10.7. The Hall–Kier alpha value is -0.870. The van der Waals surface area contributed by atoms with Crippen molar-refractivity contribution in [3.05, 3.63) is 12.2 Å². The molecule has 0 radical (unpaired) electrons. The number of nitrogens with zero attached hydrogens (tertiary/aromatic N) is 1. The number of amides is 1. The third-order valence-corrected chi connectivity index (χ3v) is 4.16. The van der Waals surface area contributed by atoms with E-state index in [1.54, 1.807) is 0 Å². The zero-order valence-corrected chi connectivity index (χ0v) is 12.9. The molecule has 1 fully saturated rings. The first-order valence-corrected chi connectivity index (χ1v) is 7.87. The zero-order valence-electron chi connectivity index (χ0n) is 12.9. The monoisotopic (exact) mass is 281 g/mol. The van der Waals surface area contributed by atoms with Crippen LogP contribution in [-0.4, -0.2) is 29.9 Å². The van der Waals surface area contributed by atoms with Crippen LogP contribution >= 0.6 is 0 Å². The van der Waals surface area contributed by atoms with Gasteiger partial charge in [0.1, 0.15) is 0 Å². The van der Waals surface area contributed by atoms with Gasteiger partial charge >= 0.3 is 0 Å². The smallest absolute Gasteiger partial charge is 0.257 e. The van der Waals surface area contributed by atoms with Gasteiger partial charge in [0, 0.05) is 0 Å². The highest BCUT2D eigenvalue weighted by Crippen LogP contribution is 2.38. The Labute approximate surface area is 122 Å². The van der Waals surface area contributed by atoms with Gasteiger partial charge in [-0.25, -0.2) is 0 Å². The van der Waals surface area contributed by atoms with Crippen LogP contribution in [-0.2, 0) is 14.4 Å². The number of unbranched alkanes of at least 4 members (excludes halogenated alkanes) is 5. The van der Waals surface area contributed by atoms with E-state index >= 15 is 0 Å². The minimum absolute atomic E-state index is 0.0229. The van der Waals surface area contributed by atoms with Crippen molar-refractivity contribution >= 4 is 5.91 Å². The summed E-state index contributed by atoms with van der Waals surface area (Å²) >= 11 is 0. The Kier molecular flexibility index (Phi) is 5.22. The summed E-state index contributed by atoms with van der Waals surface area (Å²) in [5.41, 5.74) is -0.537. The lowest BCUT2D eigenvalue weighted by molar-refractivity contribution is -0.269. The molecule has 2 unspecified atom stereocenters. The second kappa shape index (κ2) is 6.72. The second-order valence-electron chi connectivity index (χ2n) is 6.29. The van der Waals surface area contributed by atoms with Gasteiger partial charge in [0.15, 0.2) is 6.23 Å². The van der Waals surface area contributed by atoms with Gasteiger partial charge in [0.2, 0.25) is 0 Å². The molecule has 2 aliphatic rings. The van der Waals surface area contributed by atoms with Crippen molar-refractivity contribution in [1.82, 2.24) is 5.06 Å². The lowest BCUT2D eigenvalue weighted by Gasteiger charge is -2.41. The van der Waals surface area contributed by atoms with Gasteiger partial charge in [0.25, 0.3) is 5.91 Å². The Bertz CT molecular complexity index is 365.